The minimum atomic E-state index is -0.450. The highest BCUT2D eigenvalue weighted by molar-refractivity contribution is 6.31. The molecule has 2 rings (SSSR count). The summed E-state index contributed by atoms with van der Waals surface area (Å²) in [6.45, 7) is 2.87. The van der Waals surface area contributed by atoms with Crippen molar-refractivity contribution in [3.63, 3.8) is 0 Å². The minimum Gasteiger partial charge on any atom is -0.391 e. The fourth-order valence-electron chi connectivity index (χ4n) is 2.64. The molecule has 0 aromatic heterocycles. The van der Waals surface area contributed by atoms with Gasteiger partial charge in [-0.3, -0.25) is 4.79 Å². The summed E-state index contributed by atoms with van der Waals surface area (Å²) in [6.07, 6.45) is 4.17. The predicted octanol–water partition coefficient (Wildman–Crippen LogP) is 3.20. The Balaban J connectivity index is 2.11. The van der Waals surface area contributed by atoms with Gasteiger partial charge in [-0.05, 0) is 37.5 Å². The number of benzene rings is 1. The summed E-state index contributed by atoms with van der Waals surface area (Å²) in [7, 11) is 0. The molecular formula is C16H23ClN2O2. The summed E-state index contributed by atoms with van der Waals surface area (Å²) < 4.78 is 0. The Bertz CT molecular complexity index is 493. The average Bonchev–Trinajstić information content (AvgIpc) is 2.48. The maximum absolute atomic E-state index is 12.5. The number of aliphatic hydroxyl groups excluding tert-OH is 1. The van der Waals surface area contributed by atoms with Crippen molar-refractivity contribution < 1.29 is 9.90 Å². The Kier molecular flexibility index (Phi) is 5.88. The molecule has 1 amide bonds. The van der Waals surface area contributed by atoms with Crippen LogP contribution < -0.4 is 10.6 Å². The lowest BCUT2D eigenvalue weighted by atomic mass is 9.92. The van der Waals surface area contributed by atoms with E-state index < -0.39 is 6.10 Å². The number of carbonyl (C=O) groups excluding carboxylic acids is 1. The SMILES string of the molecule is CCCNc1ccc(Cl)cc1C(=O)NC1CCCCC1O. The van der Waals surface area contributed by atoms with Gasteiger partial charge < -0.3 is 15.7 Å². The van der Waals surface area contributed by atoms with Crippen LogP contribution in [0.3, 0.4) is 0 Å². The first-order valence-corrected chi connectivity index (χ1v) is 8.02. The van der Waals surface area contributed by atoms with Crippen LogP contribution in [0.1, 0.15) is 49.4 Å². The van der Waals surface area contributed by atoms with E-state index in [4.69, 9.17) is 11.6 Å². The average molecular weight is 311 g/mol. The topological polar surface area (TPSA) is 61.4 Å². The molecule has 1 fully saturated rings. The van der Waals surface area contributed by atoms with Gasteiger partial charge in [0.15, 0.2) is 0 Å². The molecule has 3 N–H and O–H groups in total. The summed E-state index contributed by atoms with van der Waals surface area (Å²) in [4.78, 5) is 12.5. The lowest BCUT2D eigenvalue weighted by molar-refractivity contribution is 0.0718. The number of hydrogen-bond acceptors (Lipinski definition) is 3. The van der Waals surface area contributed by atoms with Gasteiger partial charge in [-0.1, -0.05) is 31.4 Å². The van der Waals surface area contributed by atoms with E-state index in [9.17, 15) is 9.90 Å². The van der Waals surface area contributed by atoms with Crippen molar-refractivity contribution in [3.8, 4) is 0 Å². The van der Waals surface area contributed by atoms with Crippen LogP contribution in [0.4, 0.5) is 5.69 Å². The van der Waals surface area contributed by atoms with Crippen LogP contribution in [0.25, 0.3) is 0 Å². The first kappa shape index (κ1) is 16.1. The normalized spacial score (nSPS) is 21.9. The summed E-state index contributed by atoms with van der Waals surface area (Å²) in [5.41, 5.74) is 1.32. The van der Waals surface area contributed by atoms with Crippen LogP contribution in [-0.4, -0.2) is 29.7 Å². The highest BCUT2D eigenvalue weighted by Crippen LogP contribution is 2.23. The number of hydrogen-bond donors (Lipinski definition) is 3. The zero-order valence-electron chi connectivity index (χ0n) is 12.4. The molecule has 0 radical (unpaired) electrons. The monoisotopic (exact) mass is 310 g/mol. The van der Waals surface area contributed by atoms with Crippen LogP contribution in [-0.2, 0) is 0 Å². The zero-order valence-corrected chi connectivity index (χ0v) is 13.1. The molecule has 0 saturated heterocycles. The van der Waals surface area contributed by atoms with Crippen molar-refractivity contribution in [2.45, 2.75) is 51.2 Å². The molecule has 1 aromatic rings. The molecule has 5 heteroatoms. The van der Waals surface area contributed by atoms with Crippen molar-refractivity contribution in [1.29, 1.82) is 0 Å². The van der Waals surface area contributed by atoms with E-state index in [-0.39, 0.29) is 11.9 Å². The van der Waals surface area contributed by atoms with Gasteiger partial charge in [-0.25, -0.2) is 0 Å². The second-order valence-electron chi connectivity index (χ2n) is 5.55. The zero-order chi connectivity index (χ0) is 15.2. The molecule has 0 spiro atoms. The standard InChI is InChI=1S/C16H23ClN2O2/c1-2-9-18-13-8-7-11(17)10-12(13)16(21)19-14-5-3-4-6-15(14)20/h7-8,10,14-15,18,20H,2-6,9H2,1H3,(H,19,21). The minimum absolute atomic E-state index is 0.163. The second kappa shape index (κ2) is 7.66. The van der Waals surface area contributed by atoms with Crippen molar-refractivity contribution >= 4 is 23.2 Å². The van der Waals surface area contributed by atoms with E-state index in [1.54, 1.807) is 12.1 Å². The van der Waals surface area contributed by atoms with Gasteiger partial charge in [0.2, 0.25) is 0 Å². The number of amides is 1. The number of halogens is 1. The molecule has 1 aliphatic carbocycles. The van der Waals surface area contributed by atoms with E-state index in [0.717, 1.165) is 44.3 Å². The summed E-state index contributed by atoms with van der Waals surface area (Å²) >= 11 is 6.01. The molecule has 4 nitrogen and oxygen atoms in total. The van der Waals surface area contributed by atoms with E-state index in [0.29, 0.717) is 10.6 Å². The van der Waals surface area contributed by atoms with Crippen molar-refractivity contribution in [2.24, 2.45) is 0 Å². The van der Waals surface area contributed by atoms with E-state index in [1.165, 1.54) is 0 Å². The van der Waals surface area contributed by atoms with Crippen LogP contribution in [0.2, 0.25) is 5.02 Å². The Hall–Kier alpha value is -1.26. The van der Waals surface area contributed by atoms with Crippen molar-refractivity contribution in [2.75, 3.05) is 11.9 Å². The van der Waals surface area contributed by atoms with Gasteiger partial charge >= 0.3 is 0 Å². The van der Waals surface area contributed by atoms with Gasteiger partial charge in [0.1, 0.15) is 0 Å². The van der Waals surface area contributed by atoms with Gasteiger partial charge in [0, 0.05) is 17.3 Å². The molecule has 1 aromatic carbocycles. The Morgan fingerprint density at radius 3 is 2.86 bits per heavy atom. The van der Waals surface area contributed by atoms with Crippen LogP contribution in [0.5, 0.6) is 0 Å². The van der Waals surface area contributed by atoms with Gasteiger partial charge in [0.05, 0.1) is 17.7 Å². The van der Waals surface area contributed by atoms with Crippen LogP contribution in [0.15, 0.2) is 18.2 Å². The number of carbonyl (C=O) groups is 1. The number of aliphatic hydroxyl groups is 1. The molecule has 1 saturated carbocycles. The summed E-state index contributed by atoms with van der Waals surface area (Å²) in [5, 5.41) is 16.7. The molecule has 2 unspecified atom stereocenters. The quantitative estimate of drug-likeness (QED) is 0.782. The largest absolute Gasteiger partial charge is 0.391 e. The molecule has 0 heterocycles. The van der Waals surface area contributed by atoms with Crippen molar-refractivity contribution in [1.82, 2.24) is 5.32 Å². The molecular weight excluding hydrogens is 288 g/mol. The smallest absolute Gasteiger partial charge is 0.253 e. The summed E-state index contributed by atoms with van der Waals surface area (Å²) in [6, 6.07) is 5.10. The maximum atomic E-state index is 12.5. The fraction of sp³-hybridized carbons (Fsp3) is 0.562. The third-order valence-electron chi connectivity index (χ3n) is 3.84. The molecule has 21 heavy (non-hydrogen) atoms. The van der Waals surface area contributed by atoms with Gasteiger partial charge in [-0.15, -0.1) is 0 Å². The Morgan fingerprint density at radius 2 is 2.14 bits per heavy atom. The van der Waals surface area contributed by atoms with Crippen LogP contribution in [0, 0.1) is 0 Å². The first-order chi connectivity index (χ1) is 10.1. The Morgan fingerprint density at radius 1 is 1.38 bits per heavy atom. The lowest BCUT2D eigenvalue weighted by Crippen LogP contribution is -2.45. The third kappa shape index (κ3) is 4.35. The predicted molar refractivity (Wildman–Crippen MR) is 86.0 cm³/mol. The van der Waals surface area contributed by atoms with E-state index >= 15 is 0 Å². The van der Waals surface area contributed by atoms with E-state index in [2.05, 4.69) is 17.6 Å². The highest BCUT2D eigenvalue weighted by Gasteiger charge is 2.25. The molecule has 1 aliphatic rings. The molecule has 2 atom stereocenters. The second-order valence-corrected chi connectivity index (χ2v) is 5.98. The van der Waals surface area contributed by atoms with Gasteiger partial charge in [-0.2, -0.15) is 0 Å². The maximum Gasteiger partial charge on any atom is 0.253 e. The number of nitrogens with one attached hydrogen (secondary N) is 2. The molecule has 0 aliphatic heterocycles. The lowest BCUT2D eigenvalue weighted by Gasteiger charge is -2.28. The summed E-state index contributed by atoms with van der Waals surface area (Å²) in [5.74, 6) is -0.179. The fourth-order valence-corrected chi connectivity index (χ4v) is 2.82. The van der Waals surface area contributed by atoms with E-state index in [1.807, 2.05) is 6.07 Å². The first-order valence-electron chi connectivity index (χ1n) is 7.64. The van der Waals surface area contributed by atoms with Crippen LogP contribution >= 0.6 is 11.6 Å². The Labute approximate surface area is 130 Å². The highest BCUT2D eigenvalue weighted by atomic mass is 35.5. The van der Waals surface area contributed by atoms with Crippen molar-refractivity contribution in [3.05, 3.63) is 28.8 Å². The third-order valence-corrected chi connectivity index (χ3v) is 4.07. The number of rotatable bonds is 5. The van der Waals surface area contributed by atoms with Gasteiger partial charge in [0.25, 0.3) is 5.91 Å². The molecule has 116 valence electrons. The number of anilines is 1. The molecule has 0 bridgehead atoms.